The third-order valence-corrected chi connectivity index (χ3v) is 4.88. The van der Waals surface area contributed by atoms with E-state index < -0.39 is 0 Å². The Bertz CT molecular complexity index is 974. The normalized spacial score (nSPS) is 16.6. The molecule has 1 atom stereocenters. The van der Waals surface area contributed by atoms with E-state index in [0.717, 1.165) is 11.4 Å². The van der Waals surface area contributed by atoms with Gasteiger partial charge in [-0.1, -0.05) is 44.2 Å². The summed E-state index contributed by atoms with van der Waals surface area (Å²) in [6.07, 6.45) is 0. The molecule has 2 aromatic heterocycles. The zero-order valence-corrected chi connectivity index (χ0v) is 16.0. The summed E-state index contributed by atoms with van der Waals surface area (Å²) in [7, 11) is 0. The summed E-state index contributed by atoms with van der Waals surface area (Å²) in [5.74, 6) is 2.37. The number of rotatable bonds is 3. The van der Waals surface area contributed by atoms with E-state index >= 15 is 0 Å². The van der Waals surface area contributed by atoms with E-state index in [1.54, 1.807) is 13.8 Å². The molecule has 0 N–H and O–H groups in total. The second kappa shape index (κ2) is 6.64. The predicted molar refractivity (Wildman–Crippen MR) is 100 cm³/mol. The van der Waals surface area contributed by atoms with Gasteiger partial charge in [-0.15, -0.1) is 0 Å². The van der Waals surface area contributed by atoms with Gasteiger partial charge in [0.1, 0.15) is 0 Å². The maximum atomic E-state index is 13.2. The van der Waals surface area contributed by atoms with E-state index in [2.05, 4.69) is 23.9 Å². The maximum Gasteiger partial charge on any atom is 0.292 e. The fourth-order valence-corrected chi connectivity index (χ4v) is 3.67. The first-order valence-electron chi connectivity index (χ1n) is 9.21. The fourth-order valence-electron chi connectivity index (χ4n) is 3.67. The van der Waals surface area contributed by atoms with E-state index in [1.807, 2.05) is 39.9 Å². The Kier molecular flexibility index (Phi) is 4.30. The Balaban J connectivity index is 1.72. The number of benzene rings is 1. The highest BCUT2D eigenvalue weighted by Gasteiger charge is 2.38. The van der Waals surface area contributed by atoms with E-state index in [9.17, 15) is 4.79 Å². The highest BCUT2D eigenvalue weighted by Crippen LogP contribution is 2.33. The average molecular weight is 365 g/mol. The summed E-state index contributed by atoms with van der Waals surface area (Å²) in [6, 6.07) is 9.74. The summed E-state index contributed by atoms with van der Waals surface area (Å²) in [5.41, 5.74) is 1.60. The highest BCUT2D eigenvalue weighted by atomic mass is 16.4. The molecule has 0 spiro atoms. The van der Waals surface area contributed by atoms with E-state index in [-0.39, 0.29) is 17.9 Å². The molecule has 140 valence electrons. The van der Waals surface area contributed by atoms with Crippen LogP contribution in [0.15, 0.2) is 34.7 Å². The van der Waals surface area contributed by atoms with Gasteiger partial charge < -0.3 is 9.32 Å². The average Bonchev–Trinajstić information content (AvgIpc) is 3.23. The van der Waals surface area contributed by atoms with Gasteiger partial charge in [0.2, 0.25) is 5.76 Å². The molecule has 0 bridgehead atoms. The highest BCUT2D eigenvalue weighted by molar-refractivity contribution is 5.92. The number of hydrogen-bond donors (Lipinski definition) is 0. The molecule has 27 heavy (non-hydrogen) atoms. The zero-order valence-electron chi connectivity index (χ0n) is 16.0. The van der Waals surface area contributed by atoms with Crippen LogP contribution in [0.25, 0.3) is 11.4 Å². The number of nitrogens with zero attached hydrogens (tertiary/aromatic N) is 5. The van der Waals surface area contributed by atoms with Gasteiger partial charge in [-0.3, -0.25) is 4.79 Å². The Morgan fingerprint density at radius 2 is 1.89 bits per heavy atom. The minimum absolute atomic E-state index is 0.137. The van der Waals surface area contributed by atoms with Gasteiger partial charge in [0.15, 0.2) is 17.5 Å². The molecule has 1 aromatic carbocycles. The van der Waals surface area contributed by atoms with Gasteiger partial charge in [-0.25, -0.2) is 14.6 Å². The van der Waals surface area contributed by atoms with Gasteiger partial charge in [0.05, 0.1) is 18.3 Å². The number of carbonyl (C=O) groups is 1. The summed E-state index contributed by atoms with van der Waals surface area (Å²) < 4.78 is 7.50. The largest absolute Gasteiger partial charge is 0.436 e. The number of hydrogen-bond acceptors (Lipinski definition) is 5. The molecule has 7 nitrogen and oxygen atoms in total. The van der Waals surface area contributed by atoms with Crippen LogP contribution in [0.3, 0.4) is 0 Å². The monoisotopic (exact) mass is 365 g/mol. The van der Waals surface area contributed by atoms with Crippen LogP contribution in [0.4, 0.5) is 0 Å². The Morgan fingerprint density at radius 1 is 1.15 bits per heavy atom. The van der Waals surface area contributed by atoms with Crippen molar-refractivity contribution in [1.82, 2.24) is 24.6 Å². The molecule has 3 heterocycles. The van der Waals surface area contributed by atoms with Crippen LogP contribution < -0.4 is 0 Å². The molecule has 3 aromatic rings. The number of aryl methyl sites for hydroxylation is 2. The predicted octanol–water partition coefficient (Wildman–Crippen LogP) is 3.40. The summed E-state index contributed by atoms with van der Waals surface area (Å²) in [4.78, 5) is 24.0. The van der Waals surface area contributed by atoms with Gasteiger partial charge in [0, 0.05) is 19.0 Å². The van der Waals surface area contributed by atoms with Crippen LogP contribution in [-0.2, 0) is 6.54 Å². The van der Waals surface area contributed by atoms with Crippen molar-refractivity contribution in [3.05, 3.63) is 53.5 Å². The van der Waals surface area contributed by atoms with Crippen LogP contribution in [0.2, 0.25) is 0 Å². The standard InChI is InChI=1S/C20H23N5O2/c1-12(2)16-19-22-18(15-8-6-5-7-9-15)23-25(19)11-10-24(16)20(26)17-13(3)21-14(4)27-17/h5-9,12,16H,10-11H2,1-4H3/t16-/m0/s1. The molecule has 7 heteroatoms. The molecular weight excluding hydrogens is 342 g/mol. The SMILES string of the molecule is Cc1nc(C)c(C(=O)N2CCn3nc(-c4ccccc4)nc3[C@@H]2C(C)C)o1. The van der Waals surface area contributed by atoms with Gasteiger partial charge in [-0.05, 0) is 12.8 Å². The van der Waals surface area contributed by atoms with E-state index in [1.165, 1.54) is 0 Å². The summed E-state index contributed by atoms with van der Waals surface area (Å²) in [5, 5.41) is 4.67. The van der Waals surface area contributed by atoms with Crippen molar-refractivity contribution in [1.29, 1.82) is 0 Å². The second-order valence-electron chi connectivity index (χ2n) is 7.22. The van der Waals surface area contributed by atoms with Crippen molar-refractivity contribution in [2.45, 2.75) is 40.3 Å². The number of oxazole rings is 1. The first-order valence-corrected chi connectivity index (χ1v) is 9.21. The first kappa shape index (κ1) is 17.5. The maximum absolute atomic E-state index is 13.2. The van der Waals surface area contributed by atoms with Gasteiger partial charge >= 0.3 is 0 Å². The van der Waals surface area contributed by atoms with E-state index in [4.69, 9.17) is 9.40 Å². The molecule has 1 aliphatic heterocycles. The third-order valence-electron chi connectivity index (χ3n) is 4.88. The first-order chi connectivity index (χ1) is 13.0. The lowest BCUT2D eigenvalue weighted by Gasteiger charge is -2.36. The minimum Gasteiger partial charge on any atom is -0.436 e. The Labute approximate surface area is 158 Å². The van der Waals surface area contributed by atoms with E-state index in [0.29, 0.717) is 36.3 Å². The van der Waals surface area contributed by atoms with Crippen LogP contribution in [-0.4, -0.2) is 37.1 Å². The molecule has 0 unspecified atom stereocenters. The summed E-state index contributed by atoms with van der Waals surface area (Å²) >= 11 is 0. The van der Waals surface area contributed by atoms with Gasteiger partial charge in [-0.2, -0.15) is 5.10 Å². The van der Waals surface area contributed by atoms with Crippen LogP contribution in [0.1, 0.15) is 47.9 Å². The fraction of sp³-hybridized carbons (Fsp3) is 0.400. The zero-order chi connectivity index (χ0) is 19.1. The Hall–Kier alpha value is -2.96. The number of carbonyl (C=O) groups excluding carboxylic acids is 1. The summed E-state index contributed by atoms with van der Waals surface area (Å²) in [6.45, 7) is 8.91. The lowest BCUT2D eigenvalue weighted by molar-refractivity contribution is 0.0502. The second-order valence-corrected chi connectivity index (χ2v) is 7.22. The molecule has 0 fully saturated rings. The van der Waals surface area contributed by atoms with Crippen molar-refractivity contribution < 1.29 is 9.21 Å². The van der Waals surface area contributed by atoms with Crippen molar-refractivity contribution in [3.63, 3.8) is 0 Å². The molecule has 1 aliphatic rings. The number of fused-ring (bicyclic) bond motifs is 1. The molecule has 0 saturated carbocycles. The van der Waals surface area contributed by atoms with Crippen LogP contribution in [0.5, 0.6) is 0 Å². The molecule has 0 aliphatic carbocycles. The van der Waals surface area contributed by atoms with Crippen LogP contribution >= 0.6 is 0 Å². The van der Waals surface area contributed by atoms with Crippen molar-refractivity contribution in [3.8, 4) is 11.4 Å². The third kappa shape index (κ3) is 3.03. The molecule has 0 radical (unpaired) electrons. The van der Waals surface area contributed by atoms with Crippen molar-refractivity contribution in [2.75, 3.05) is 6.54 Å². The molecule has 4 rings (SSSR count). The smallest absolute Gasteiger partial charge is 0.292 e. The van der Waals surface area contributed by atoms with Crippen LogP contribution in [0, 0.1) is 19.8 Å². The number of aromatic nitrogens is 4. The topological polar surface area (TPSA) is 77.1 Å². The van der Waals surface area contributed by atoms with Crippen molar-refractivity contribution in [2.24, 2.45) is 5.92 Å². The Morgan fingerprint density at radius 3 is 2.52 bits per heavy atom. The molecule has 1 amide bonds. The van der Waals surface area contributed by atoms with Gasteiger partial charge in [0.25, 0.3) is 5.91 Å². The minimum atomic E-state index is -0.166. The lowest BCUT2D eigenvalue weighted by Crippen LogP contribution is -2.44. The van der Waals surface area contributed by atoms with Crippen molar-refractivity contribution >= 4 is 5.91 Å². The quantitative estimate of drug-likeness (QED) is 0.711. The lowest BCUT2D eigenvalue weighted by atomic mass is 9.99. The molecular formula is C20H23N5O2. The number of amides is 1. The molecule has 0 saturated heterocycles.